The van der Waals surface area contributed by atoms with Crippen LogP contribution >= 0.6 is 0 Å². The van der Waals surface area contributed by atoms with Crippen LogP contribution in [0.1, 0.15) is 97.2 Å². The summed E-state index contributed by atoms with van der Waals surface area (Å²) in [5.74, 6) is 0. The second-order valence-corrected chi connectivity index (χ2v) is 26.4. The summed E-state index contributed by atoms with van der Waals surface area (Å²) in [4.78, 5) is 4.98. The number of anilines is 6. The molecule has 88 heavy (non-hydrogen) atoms. The van der Waals surface area contributed by atoms with Gasteiger partial charge in [-0.25, -0.2) is 0 Å². The number of fused-ring (bicyclic) bond motifs is 6. The van der Waals surface area contributed by atoms with E-state index in [-0.39, 0.29) is 10.8 Å². The Hall–Kier alpha value is -10.3. The zero-order valence-electron chi connectivity index (χ0n) is 50.8. The van der Waals surface area contributed by atoms with Crippen molar-refractivity contribution in [3.05, 3.63) is 359 Å². The molecule has 0 saturated carbocycles. The lowest BCUT2D eigenvalue weighted by Gasteiger charge is -2.35. The van der Waals surface area contributed by atoms with E-state index < -0.39 is 10.8 Å². The maximum atomic E-state index is 2.51. The first-order chi connectivity index (χ1) is 42.9. The van der Waals surface area contributed by atoms with Gasteiger partial charge in [-0.05, 0) is 171 Å². The summed E-state index contributed by atoms with van der Waals surface area (Å²) in [5, 5.41) is 7.33. The van der Waals surface area contributed by atoms with Gasteiger partial charge in [0.05, 0.1) is 22.2 Å². The predicted octanol–water partition coefficient (Wildman–Crippen LogP) is 22.8. The maximum Gasteiger partial charge on any atom is 0.0713 e. The maximum absolute atomic E-state index is 2.51. The number of rotatable bonds is 10. The Balaban J connectivity index is 0.911. The average Bonchev–Trinajstić information content (AvgIpc) is 1.50. The Morgan fingerprint density at radius 1 is 0.239 bits per heavy atom. The standard InChI is InChI=1S/C86H68N2/c1-83(2,3)59-37-45-65(46-38-59)87(66-47-39-60(40-48-66)84(4,5)6)79-55-35-57-34-54-74-80(56-36-58-33-53-73(79)81(57)82(58)74)88(67-49-41-63(42-50-67)85(61-21-9-7-10-22-61)75-29-17-13-25-69(75)70-26-14-18-30-76(70)85)68-51-43-64(44-52-68)86(62-23-11-8-12-24-62)77-31-19-15-27-71(77)72-28-16-20-32-78(72)86/h7-56H,1-6H3. The largest absolute Gasteiger partial charge is 0.310 e. The first-order valence-electron chi connectivity index (χ1n) is 31.2. The Kier molecular flexibility index (Phi) is 12.2. The molecule has 14 aromatic carbocycles. The number of hydrogen-bond acceptors (Lipinski definition) is 2. The molecule has 0 unspecified atom stereocenters. The molecule has 0 heterocycles. The van der Waals surface area contributed by atoms with Crippen molar-refractivity contribution < 1.29 is 0 Å². The highest BCUT2D eigenvalue weighted by Crippen LogP contribution is 2.59. The Morgan fingerprint density at radius 2 is 0.500 bits per heavy atom. The van der Waals surface area contributed by atoms with Gasteiger partial charge in [-0.1, -0.05) is 284 Å². The molecule has 0 atom stereocenters. The fourth-order valence-electron chi connectivity index (χ4n) is 15.4. The molecule has 0 N–H and O–H groups in total. The predicted molar refractivity (Wildman–Crippen MR) is 372 cm³/mol. The van der Waals surface area contributed by atoms with Crippen LogP contribution in [0, 0.1) is 0 Å². The average molecular weight is 1130 g/mol. The van der Waals surface area contributed by atoms with E-state index in [9.17, 15) is 0 Å². The van der Waals surface area contributed by atoms with Crippen LogP contribution in [-0.2, 0) is 21.7 Å². The van der Waals surface area contributed by atoms with Gasteiger partial charge in [-0.3, -0.25) is 0 Å². The van der Waals surface area contributed by atoms with Crippen molar-refractivity contribution in [3.63, 3.8) is 0 Å². The zero-order valence-corrected chi connectivity index (χ0v) is 50.8. The highest BCUT2D eigenvalue weighted by Gasteiger charge is 2.47. The van der Waals surface area contributed by atoms with E-state index in [1.54, 1.807) is 0 Å². The van der Waals surface area contributed by atoms with Crippen molar-refractivity contribution in [3.8, 4) is 22.3 Å². The fourth-order valence-corrected chi connectivity index (χ4v) is 15.4. The van der Waals surface area contributed by atoms with E-state index >= 15 is 0 Å². The number of benzene rings is 14. The number of nitrogens with zero attached hydrogens (tertiary/aromatic N) is 2. The quantitative estimate of drug-likeness (QED) is 0.126. The SMILES string of the molecule is CC(C)(C)c1ccc(N(c2ccc(C(C)(C)C)cc2)c2ccc3ccc4c(N(c5ccc(C6(c7ccccc7)c7ccccc7-c7ccccc76)cc5)c5ccc(C6(c7ccccc7)c7ccccc7-c7ccccc76)cc5)ccc5ccc2c3c54)cc1. The van der Waals surface area contributed by atoms with E-state index in [0.717, 1.165) is 34.1 Å². The Labute approximate surface area is 517 Å². The molecule has 422 valence electrons. The van der Waals surface area contributed by atoms with Gasteiger partial charge >= 0.3 is 0 Å². The van der Waals surface area contributed by atoms with Crippen molar-refractivity contribution in [1.82, 2.24) is 0 Å². The summed E-state index contributed by atoms with van der Waals surface area (Å²) in [7, 11) is 0. The van der Waals surface area contributed by atoms with E-state index in [1.165, 1.54) is 110 Å². The van der Waals surface area contributed by atoms with Crippen molar-refractivity contribution in [2.75, 3.05) is 9.80 Å². The normalized spacial score (nSPS) is 13.8. The van der Waals surface area contributed by atoms with Gasteiger partial charge < -0.3 is 9.80 Å². The molecule has 0 bridgehead atoms. The molecular weight excluding hydrogens is 1060 g/mol. The summed E-state index contributed by atoms with van der Waals surface area (Å²) in [6, 6.07) is 115. The molecule has 16 rings (SSSR count). The molecule has 2 aliphatic rings. The Morgan fingerprint density at radius 3 is 0.807 bits per heavy atom. The van der Waals surface area contributed by atoms with Gasteiger partial charge in [-0.2, -0.15) is 0 Å². The fraction of sp³-hybridized carbons (Fsp3) is 0.116. The lowest BCUT2D eigenvalue weighted by Crippen LogP contribution is -2.28. The van der Waals surface area contributed by atoms with E-state index in [1.807, 2.05) is 0 Å². The topological polar surface area (TPSA) is 6.48 Å². The van der Waals surface area contributed by atoms with Gasteiger partial charge in [-0.15, -0.1) is 0 Å². The van der Waals surface area contributed by atoms with Crippen LogP contribution in [0.15, 0.2) is 303 Å². The Bertz CT molecular complexity index is 4620. The smallest absolute Gasteiger partial charge is 0.0713 e. The first-order valence-corrected chi connectivity index (χ1v) is 31.2. The minimum Gasteiger partial charge on any atom is -0.310 e. The molecule has 2 heteroatoms. The van der Waals surface area contributed by atoms with Gasteiger partial charge in [0.1, 0.15) is 0 Å². The minimum absolute atomic E-state index is 0.0257. The molecule has 0 spiro atoms. The van der Waals surface area contributed by atoms with Crippen LogP contribution in [0.25, 0.3) is 54.6 Å². The third-order valence-corrected chi connectivity index (χ3v) is 19.5. The van der Waals surface area contributed by atoms with Crippen molar-refractivity contribution in [1.29, 1.82) is 0 Å². The van der Waals surface area contributed by atoms with E-state index in [4.69, 9.17) is 0 Å². The van der Waals surface area contributed by atoms with Gasteiger partial charge in [0.25, 0.3) is 0 Å². The monoisotopic (exact) mass is 1130 g/mol. The lowest BCUT2D eigenvalue weighted by atomic mass is 9.67. The van der Waals surface area contributed by atoms with Gasteiger partial charge in [0.2, 0.25) is 0 Å². The van der Waals surface area contributed by atoms with Crippen LogP contribution < -0.4 is 9.80 Å². The van der Waals surface area contributed by atoms with Gasteiger partial charge in [0, 0.05) is 33.5 Å². The molecule has 0 radical (unpaired) electrons. The summed E-state index contributed by atoms with van der Waals surface area (Å²) in [6.45, 7) is 13.7. The summed E-state index contributed by atoms with van der Waals surface area (Å²) >= 11 is 0. The minimum atomic E-state index is -0.527. The highest BCUT2D eigenvalue weighted by molar-refractivity contribution is 6.28. The van der Waals surface area contributed by atoms with Crippen molar-refractivity contribution >= 4 is 66.4 Å². The zero-order chi connectivity index (χ0) is 59.5. The molecule has 0 aromatic heterocycles. The van der Waals surface area contributed by atoms with Crippen LogP contribution in [0.2, 0.25) is 0 Å². The molecule has 0 fully saturated rings. The van der Waals surface area contributed by atoms with Crippen molar-refractivity contribution in [2.24, 2.45) is 0 Å². The van der Waals surface area contributed by atoms with Crippen LogP contribution in [-0.4, -0.2) is 0 Å². The lowest BCUT2D eigenvalue weighted by molar-refractivity contribution is 0.590. The van der Waals surface area contributed by atoms with Crippen LogP contribution in [0.4, 0.5) is 34.1 Å². The molecule has 0 saturated heterocycles. The molecule has 14 aromatic rings. The summed E-state index contributed by atoms with van der Waals surface area (Å²) < 4.78 is 0. The molecule has 2 nitrogen and oxygen atoms in total. The molecule has 0 aliphatic heterocycles. The van der Waals surface area contributed by atoms with Crippen LogP contribution in [0.5, 0.6) is 0 Å². The van der Waals surface area contributed by atoms with E-state index in [0.29, 0.717) is 0 Å². The molecular formula is C86H68N2. The number of hydrogen-bond donors (Lipinski definition) is 0. The second kappa shape index (κ2) is 20.2. The third kappa shape index (κ3) is 8.01. The second-order valence-electron chi connectivity index (χ2n) is 26.4. The summed E-state index contributed by atoms with van der Waals surface area (Å²) in [6.07, 6.45) is 0. The third-order valence-electron chi connectivity index (χ3n) is 19.5. The van der Waals surface area contributed by atoms with Crippen molar-refractivity contribution in [2.45, 2.75) is 63.2 Å². The van der Waals surface area contributed by atoms with E-state index in [2.05, 4.69) is 355 Å². The van der Waals surface area contributed by atoms with Crippen LogP contribution in [0.3, 0.4) is 0 Å². The summed E-state index contributed by atoms with van der Waals surface area (Å²) in [5.41, 5.74) is 23.6. The molecule has 2 aliphatic carbocycles. The first kappa shape index (κ1) is 53.2. The highest BCUT2D eigenvalue weighted by atomic mass is 15.1. The van der Waals surface area contributed by atoms with Gasteiger partial charge in [0.15, 0.2) is 0 Å². The molecule has 0 amide bonds.